The predicted molar refractivity (Wildman–Crippen MR) is 176 cm³/mol. The number of carbonyl (C=O) groups excluding carboxylic acids is 5. The molecule has 0 aromatic heterocycles. The minimum atomic E-state index is -4.32. The van der Waals surface area contributed by atoms with Crippen molar-refractivity contribution in [3.63, 3.8) is 0 Å². The number of rotatable bonds is 15. The van der Waals surface area contributed by atoms with E-state index in [1.165, 1.54) is 31.4 Å². The summed E-state index contributed by atoms with van der Waals surface area (Å²) in [5, 5.41) is 25.2. The van der Waals surface area contributed by atoms with Gasteiger partial charge in [0.05, 0.1) is 36.9 Å². The summed E-state index contributed by atoms with van der Waals surface area (Å²) in [6, 6.07) is 7.33. The van der Waals surface area contributed by atoms with Gasteiger partial charge in [0.15, 0.2) is 15.2 Å². The number of nitrogens with zero attached hydrogens (tertiary/aromatic N) is 1. The fourth-order valence-corrected chi connectivity index (χ4v) is 8.13. The third-order valence-electron chi connectivity index (χ3n) is 7.96. The maximum absolute atomic E-state index is 13.9. The standard InChI is InChI=1S/C32H33Cl2N3O13S.Na/c1-16(38)49-14-19-15-51(46,47)30-26(29(42)37(30)27(19)31(43)44)36-28(41)21(22-10-17(11-25(39)40)5-8-24(22)48-2)4-3-9-35-32(45)50-13-18-6-7-20(33)12-23(18)34;/h5-8,10,12,21,26,30H,3-4,9,11,13-15H2,1-2H3,(H,35,45)(H,36,41)(H,39,40)(H,43,44);/q;+1/p-1/t21?,26-,30-;/m0./s1. The van der Waals surface area contributed by atoms with Crippen LogP contribution in [0.15, 0.2) is 47.7 Å². The van der Waals surface area contributed by atoms with Crippen molar-refractivity contribution < 1.29 is 91.2 Å². The van der Waals surface area contributed by atoms with Gasteiger partial charge in [-0.25, -0.2) is 13.2 Å². The monoisotopic (exact) mass is 791 g/mol. The van der Waals surface area contributed by atoms with E-state index in [0.717, 1.165) is 6.92 Å². The molecule has 2 aliphatic heterocycles. The number of amides is 3. The molecule has 2 heterocycles. The molecule has 0 bridgehead atoms. The van der Waals surface area contributed by atoms with Crippen LogP contribution in [-0.2, 0) is 56.3 Å². The molecule has 1 unspecified atom stereocenters. The first kappa shape index (κ1) is 42.5. The summed E-state index contributed by atoms with van der Waals surface area (Å²) in [6.45, 7) is 0.156. The summed E-state index contributed by atoms with van der Waals surface area (Å²) >= 11 is 12.0. The fraction of sp³-hybridized carbons (Fsp3) is 0.375. The number of methoxy groups -OCH3 is 1. The quantitative estimate of drug-likeness (QED) is 0.0773. The maximum atomic E-state index is 13.9. The number of β-lactam (4-membered cyclic amide) rings is 1. The van der Waals surface area contributed by atoms with Crippen molar-refractivity contribution in [3.8, 4) is 5.75 Å². The van der Waals surface area contributed by atoms with Gasteiger partial charge < -0.3 is 39.9 Å². The number of nitrogens with one attached hydrogen (secondary N) is 2. The van der Waals surface area contributed by atoms with E-state index in [0.29, 0.717) is 26.1 Å². The summed E-state index contributed by atoms with van der Waals surface area (Å²) in [6.07, 6.45) is -1.10. The number of carboxylic acids is 2. The van der Waals surface area contributed by atoms with Crippen LogP contribution in [-0.4, -0.2) is 91.7 Å². The molecule has 4 rings (SSSR count). The molecule has 3 amide bonds. The third-order valence-corrected chi connectivity index (χ3v) is 10.5. The number of ether oxygens (including phenoxy) is 3. The number of carboxylic acid groups (broad SMARTS) is 2. The number of benzene rings is 2. The summed E-state index contributed by atoms with van der Waals surface area (Å²) in [4.78, 5) is 74.7. The molecule has 3 atom stereocenters. The molecule has 0 aliphatic carbocycles. The van der Waals surface area contributed by atoms with Gasteiger partial charge in [0, 0.05) is 40.2 Å². The number of hydrogen-bond acceptors (Lipinski definition) is 12. The minimum Gasteiger partial charge on any atom is -0.543 e. The predicted octanol–water partition coefficient (Wildman–Crippen LogP) is -1.93. The molecule has 20 heteroatoms. The van der Waals surface area contributed by atoms with Crippen LogP contribution in [0.25, 0.3) is 0 Å². The Kier molecular flexibility index (Phi) is 14.9. The molecule has 52 heavy (non-hydrogen) atoms. The number of halogens is 2. The van der Waals surface area contributed by atoms with Gasteiger partial charge in [-0.3, -0.25) is 24.1 Å². The maximum Gasteiger partial charge on any atom is 1.00 e. The van der Waals surface area contributed by atoms with Gasteiger partial charge in [0.1, 0.15) is 25.0 Å². The molecule has 0 spiro atoms. The van der Waals surface area contributed by atoms with Crippen molar-refractivity contribution in [1.82, 2.24) is 15.5 Å². The van der Waals surface area contributed by atoms with E-state index < -0.39 is 87.5 Å². The SMILES string of the molecule is COc1ccc(CC(=O)O)cc1C(CCCNC(=O)OCc1ccc(Cl)cc1Cl)C(=O)N[C@H]1C(=O)N2C(C(=O)[O-])=C(COC(C)=O)CS(=O)(=O)[C@@H]12.[Na+]. The van der Waals surface area contributed by atoms with Crippen LogP contribution in [0.1, 0.15) is 42.4 Å². The van der Waals surface area contributed by atoms with Gasteiger partial charge >= 0.3 is 47.6 Å². The zero-order valence-electron chi connectivity index (χ0n) is 28.1. The van der Waals surface area contributed by atoms with E-state index >= 15 is 0 Å². The van der Waals surface area contributed by atoms with E-state index in [1.54, 1.807) is 12.1 Å². The Morgan fingerprint density at radius 3 is 2.40 bits per heavy atom. The van der Waals surface area contributed by atoms with Crippen molar-refractivity contribution in [3.05, 3.63) is 74.4 Å². The third kappa shape index (κ3) is 10.2. The van der Waals surface area contributed by atoms with E-state index in [9.17, 15) is 47.4 Å². The van der Waals surface area contributed by atoms with Gasteiger partial charge in [-0.15, -0.1) is 0 Å². The Bertz CT molecular complexity index is 1910. The van der Waals surface area contributed by atoms with Crippen molar-refractivity contribution >= 4 is 68.9 Å². The molecule has 274 valence electrons. The van der Waals surface area contributed by atoms with E-state index in [2.05, 4.69) is 10.6 Å². The molecular weight excluding hydrogens is 760 g/mol. The van der Waals surface area contributed by atoms with Gasteiger partial charge in [0.2, 0.25) is 5.91 Å². The number of aliphatic carboxylic acids is 2. The number of esters is 1. The Morgan fingerprint density at radius 2 is 1.79 bits per heavy atom. The second-order valence-corrected chi connectivity index (χ2v) is 14.4. The molecule has 2 aromatic carbocycles. The van der Waals surface area contributed by atoms with Crippen LogP contribution in [0.5, 0.6) is 5.75 Å². The number of carbonyl (C=O) groups is 6. The molecule has 16 nitrogen and oxygen atoms in total. The first-order valence-electron chi connectivity index (χ1n) is 15.2. The molecule has 1 saturated heterocycles. The van der Waals surface area contributed by atoms with Crippen molar-refractivity contribution in [2.24, 2.45) is 0 Å². The van der Waals surface area contributed by atoms with Gasteiger partial charge in [-0.05, 0) is 36.6 Å². The van der Waals surface area contributed by atoms with Crippen LogP contribution in [0, 0.1) is 0 Å². The number of sulfone groups is 1. The second kappa shape index (κ2) is 18.3. The van der Waals surface area contributed by atoms with E-state index in [-0.39, 0.29) is 72.4 Å². The van der Waals surface area contributed by atoms with Crippen LogP contribution in [0.4, 0.5) is 4.79 Å². The molecule has 0 radical (unpaired) electrons. The molecular formula is C32H32Cl2N3NaO13S. The molecule has 0 saturated carbocycles. The molecule has 2 aromatic rings. The second-order valence-electron chi connectivity index (χ2n) is 11.5. The fourth-order valence-electron chi connectivity index (χ4n) is 5.66. The first-order valence-corrected chi connectivity index (χ1v) is 17.7. The average Bonchev–Trinajstić information content (AvgIpc) is 3.04. The van der Waals surface area contributed by atoms with Crippen molar-refractivity contribution in [2.45, 2.75) is 50.1 Å². The van der Waals surface area contributed by atoms with Gasteiger partial charge in [-0.1, -0.05) is 41.4 Å². The topological polar surface area (TPSA) is 235 Å². The Labute approximate surface area is 329 Å². The molecule has 1 fully saturated rings. The summed E-state index contributed by atoms with van der Waals surface area (Å²) < 4.78 is 41.9. The van der Waals surface area contributed by atoms with Crippen LogP contribution >= 0.6 is 23.2 Å². The van der Waals surface area contributed by atoms with E-state index in [1.807, 2.05) is 0 Å². The van der Waals surface area contributed by atoms with E-state index in [4.69, 9.17) is 37.4 Å². The summed E-state index contributed by atoms with van der Waals surface area (Å²) in [5.41, 5.74) is -0.123. The smallest absolute Gasteiger partial charge is 0.543 e. The van der Waals surface area contributed by atoms with Crippen LogP contribution in [0.3, 0.4) is 0 Å². The Hall–Kier alpha value is -3.87. The summed E-state index contributed by atoms with van der Waals surface area (Å²) in [5.74, 6) is -7.65. The van der Waals surface area contributed by atoms with Gasteiger partial charge in [-0.2, -0.15) is 0 Å². The summed E-state index contributed by atoms with van der Waals surface area (Å²) in [7, 11) is -3.00. The largest absolute Gasteiger partial charge is 1.00 e. The minimum absolute atomic E-state index is 0. The van der Waals surface area contributed by atoms with Crippen molar-refractivity contribution in [2.75, 3.05) is 26.0 Å². The van der Waals surface area contributed by atoms with Crippen LogP contribution < -0.4 is 50.0 Å². The Morgan fingerprint density at radius 1 is 1.08 bits per heavy atom. The Balaban J connectivity index is 0.00000729. The average molecular weight is 793 g/mol. The molecule has 2 aliphatic rings. The van der Waals surface area contributed by atoms with Crippen LogP contribution in [0.2, 0.25) is 10.0 Å². The first-order chi connectivity index (χ1) is 24.0. The zero-order valence-corrected chi connectivity index (χ0v) is 32.4. The van der Waals surface area contributed by atoms with Gasteiger partial charge in [0.25, 0.3) is 5.91 Å². The number of alkyl carbamates (subject to hydrolysis) is 1. The number of hydrogen-bond donors (Lipinski definition) is 3. The van der Waals surface area contributed by atoms with Crippen molar-refractivity contribution in [1.29, 1.82) is 0 Å². The normalized spacial score (nSPS) is 17.8. The molecule has 3 N–H and O–H groups in total. The zero-order chi connectivity index (χ0) is 37.6. The number of fused-ring (bicyclic) bond motifs is 1.